The predicted molar refractivity (Wildman–Crippen MR) is 612 cm³/mol. The van der Waals surface area contributed by atoms with Gasteiger partial charge in [-0.1, -0.05) is 360 Å². The number of primary amides is 3. The number of nitrogens with zero attached hydrogens (tertiary/aromatic N) is 8. The first-order valence-corrected chi connectivity index (χ1v) is 50.8. The fourth-order valence-corrected chi connectivity index (χ4v) is 13.7. The molecule has 0 aliphatic carbocycles. The van der Waals surface area contributed by atoms with Crippen LogP contribution < -0.4 is 22.5 Å². The van der Waals surface area contributed by atoms with Crippen molar-refractivity contribution in [2.24, 2.45) is 17.2 Å². The molecule has 0 aliphatic heterocycles. The number of nitrogens with one attached hydrogen (secondary N) is 1. The molecule has 0 bridgehead atoms. The van der Waals surface area contributed by atoms with E-state index in [1.807, 2.05) is 257 Å². The summed E-state index contributed by atoms with van der Waals surface area (Å²) in [4.78, 5) is 96.9. The number of aryl methyl sites for hydroxylation is 1. The Morgan fingerprint density at radius 2 is 0.770 bits per heavy atom. The Morgan fingerprint density at radius 1 is 0.405 bits per heavy atom. The van der Waals surface area contributed by atoms with E-state index in [1.165, 1.54) is 51.6 Å². The van der Waals surface area contributed by atoms with Gasteiger partial charge in [0.1, 0.15) is 0 Å². The molecule has 2 aromatic heterocycles. The van der Waals surface area contributed by atoms with Crippen LogP contribution in [0.25, 0.3) is 15.3 Å². The normalized spacial score (nSPS) is 10.2. The summed E-state index contributed by atoms with van der Waals surface area (Å²) in [6.07, 6.45) is 5.88. The SMILES string of the molecule is CC(C)c1ccc(C(=O)N(C)C)cc1.CC(C)c1ccc(C(N)=O)cc1.CC(C)c1cccc(C(N)=O)c1.CC(C)c1ccccc1.CC(C)c1ccccc1C#N.CC(C)c1ccccc1C(N)=O.CCN(CCO)C(=O)c1ccc(C(C)C)cc1.CNC(=O)c1ccc(C(C)C)cc1.COC(=O)c1ccc(C(C)C)cc1.Cc1cn2cc(C(C)C)ncc2n1.[C-]#[N+]c1ccc(C(C)C)cc1.[C-]#[N+]c1cccc(C(C)C)c1. The van der Waals surface area contributed by atoms with E-state index in [4.69, 9.17) is 40.7 Å². The molecule has 21 nitrogen and oxygen atoms in total. The quantitative estimate of drug-likeness (QED) is 0.0312. The Balaban J connectivity index is 0.000000547. The van der Waals surface area contributed by atoms with E-state index in [0.29, 0.717) is 117 Å². The molecule has 21 heteroatoms. The van der Waals surface area contributed by atoms with Crippen molar-refractivity contribution < 1.29 is 43.4 Å². The van der Waals surface area contributed by atoms with Crippen LogP contribution in [0.2, 0.25) is 0 Å². The van der Waals surface area contributed by atoms with Gasteiger partial charge in [0.25, 0.3) is 17.7 Å². The molecule has 0 fully saturated rings. The van der Waals surface area contributed by atoms with E-state index in [-0.39, 0.29) is 48.0 Å². The van der Waals surface area contributed by atoms with Crippen LogP contribution in [-0.2, 0) is 4.74 Å². The van der Waals surface area contributed by atoms with Crippen molar-refractivity contribution in [3.05, 3.63) is 432 Å². The van der Waals surface area contributed by atoms with Gasteiger partial charge in [0.15, 0.2) is 17.0 Å². The molecule has 0 aliphatic rings. The lowest BCUT2D eigenvalue weighted by molar-refractivity contribution is 0.0599. The van der Waals surface area contributed by atoms with Gasteiger partial charge in [0.05, 0.1) is 61.6 Å². The fraction of sp³-hybridized carbons (Fsp3) is 0.354. The van der Waals surface area contributed by atoms with Gasteiger partial charge in [-0.3, -0.25) is 33.8 Å². The summed E-state index contributed by atoms with van der Waals surface area (Å²) in [5.74, 6) is 4.52. The third-order valence-electron chi connectivity index (χ3n) is 23.3. The van der Waals surface area contributed by atoms with Gasteiger partial charge in [-0.15, -0.1) is 0 Å². The number of rotatable bonds is 22. The highest BCUT2D eigenvalue weighted by Gasteiger charge is 2.17. The number of fused-ring (bicyclic) bond motifs is 1. The number of carbonyl (C=O) groups excluding carboxylic acids is 7. The van der Waals surface area contributed by atoms with Crippen LogP contribution in [0.1, 0.15) is 395 Å². The minimum Gasteiger partial charge on any atom is -0.465 e. The standard InChI is InChI=1S/C14H21NO2.C12H17NO.C11H15NO.C11H14O2.C10H13N3.3C10H13NO.3C10H11N.C9H12/c1-4-15(9-10-16)14(17)13-7-5-12(6-8-13)11(2)3;1-9(2)10-5-7-11(8-6-10)12(14)13(3)4;1-8(2)9-4-6-10(7-5-9)11(13)12-3;1-8(2)9-4-6-10(7-5-9)11(12)13-3;1-7(2)9-6-13-5-8(3)12-10(13)4-11-9;1-7(2)8-3-5-9(6-4-8)10(11)12;1-7(2)8-4-3-5-9(6-8)10(11)12;1-7(2)8-5-3-4-6-9(8)10(11)12;1-8(2)9-4-6-10(11-3)7-5-9;1-8(2)9-5-4-6-10(7-9)11-3;1-8(2)10-6-4-3-5-9(10)7-11;1-8(2)9-6-4-3-5-7-9/h5-8,11,16H,4,9-10H2,1-3H3;5-9H,1-4H3;4-8H,1-3H3,(H,12,13);4-8H,1-3H3;4-7H,1-3H3;3*3-7H,1-2H3,(H2,11,12);2*4-8H,1-2H3;3-6,8H,1-2H3;3-8H,1-2H3. The number of likely N-dealkylation sites (N-methyl/N-ethyl adjacent to an activating group) is 1. The van der Waals surface area contributed by atoms with Gasteiger partial charge in [0, 0.05) is 80.0 Å². The molecule has 8 N–H and O–H groups in total. The number of amides is 6. The van der Waals surface area contributed by atoms with Crippen molar-refractivity contribution in [1.82, 2.24) is 29.5 Å². The van der Waals surface area contributed by atoms with Crippen molar-refractivity contribution in [1.29, 1.82) is 5.26 Å². The summed E-state index contributed by atoms with van der Waals surface area (Å²) in [7, 11) is 6.55. The average molecular weight is 2000 g/mol. The number of methoxy groups -OCH3 is 1. The van der Waals surface area contributed by atoms with Crippen molar-refractivity contribution in [3.63, 3.8) is 0 Å². The first-order chi connectivity index (χ1) is 69.9. The second-order valence-corrected chi connectivity index (χ2v) is 39.1. The van der Waals surface area contributed by atoms with Crippen LogP contribution in [0.15, 0.2) is 292 Å². The number of imidazole rings is 1. The van der Waals surface area contributed by atoms with Gasteiger partial charge in [-0.2, -0.15) is 5.26 Å². The van der Waals surface area contributed by atoms with E-state index in [9.17, 15) is 33.6 Å². The number of carbonyl (C=O) groups is 7. The molecule has 2 heterocycles. The number of nitriles is 1. The zero-order valence-electron chi connectivity index (χ0n) is 93.3. The van der Waals surface area contributed by atoms with Gasteiger partial charge in [-0.25, -0.2) is 19.5 Å². The number of hydrogen-bond donors (Lipinski definition) is 5. The molecule has 148 heavy (non-hydrogen) atoms. The maximum Gasteiger partial charge on any atom is 0.337 e. The molecule has 13 aromatic rings. The third-order valence-corrected chi connectivity index (χ3v) is 23.3. The molecule has 786 valence electrons. The van der Waals surface area contributed by atoms with Crippen molar-refractivity contribution >= 4 is 58.4 Å². The molecule has 6 amide bonds. The van der Waals surface area contributed by atoms with E-state index in [0.717, 1.165) is 56.2 Å². The van der Waals surface area contributed by atoms with Crippen LogP contribution in [0.3, 0.4) is 0 Å². The molecule has 0 saturated heterocycles. The lowest BCUT2D eigenvalue weighted by atomic mass is 9.97. The monoisotopic (exact) mass is 2000 g/mol. The summed E-state index contributed by atoms with van der Waals surface area (Å²) in [5.41, 5.74) is 38.7. The summed E-state index contributed by atoms with van der Waals surface area (Å²) in [6, 6.07) is 88.9. The molecule has 0 atom stereocenters. The van der Waals surface area contributed by atoms with Crippen molar-refractivity contribution in [2.45, 2.75) is 251 Å². The average Bonchev–Trinajstić information content (AvgIpc) is 1.69. The van der Waals surface area contributed by atoms with Crippen LogP contribution >= 0.6 is 0 Å². The Kier molecular flexibility index (Phi) is 60.0. The van der Waals surface area contributed by atoms with Crippen molar-refractivity contribution in [3.8, 4) is 6.07 Å². The first kappa shape index (κ1) is 129. The molecule has 13 rings (SSSR count). The number of ether oxygens (including phenoxy) is 1. The van der Waals surface area contributed by atoms with E-state index in [2.05, 4.69) is 218 Å². The Labute approximate surface area is 884 Å². The molecule has 0 saturated carbocycles. The molecule has 0 radical (unpaired) electrons. The Morgan fingerprint density at radius 3 is 1.12 bits per heavy atom. The summed E-state index contributed by atoms with van der Waals surface area (Å²) >= 11 is 0. The topological polar surface area (TPSA) is 308 Å². The van der Waals surface area contributed by atoms with E-state index >= 15 is 0 Å². The molecule has 11 aromatic carbocycles. The molecule has 0 unspecified atom stereocenters. The van der Waals surface area contributed by atoms with Crippen LogP contribution in [-0.4, -0.2) is 119 Å². The third kappa shape index (κ3) is 47.7. The zero-order chi connectivity index (χ0) is 112. The van der Waals surface area contributed by atoms with Crippen LogP contribution in [0.4, 0.5) is 11.4 Å². The Bertz CT molecular complexity index is 6190. The molecular weight excluding hydrogens is 1840 g/mol. The maximum atomic E-state index is 12.1. The largest absolute Gasteiger partial charge is 0.465 e. The minimum atomic E-state index is -0.370. The highest BCUT2D eigenvalue weighted by atomic mass is 16.5. The number of aliphatic hydroxyl groups is 1. The number of aliphatic hydroxyl groups excluding tert-OH is 1. The fourth-order valence-electron chi connectivity index (χ4n) is 13.7. The lowest BCUT2D eigenvalue weighted by Gasteiger charge is -2.19. The number of nitrogens with two attached hydrogens (primary N) is 3. The molecule has 0 spiro atoms. The number of esters is 1. The zero-order valence-corrected chi connectivity index (χ0v) is 93.3. The number of hydrogen-bond acceptors (Lipinski definition) is 12. The van der Waals surface area contributed by atoms with Crippen LogP contribution in [0.5, 0.6) is 0 Å². The van der Waals surface area contributed by atoms with Gasteiger partial charge in [0.2, 0.25) is 17.7 Å². The highest BCUT2D eigenvalue weighted by molar-refractivity contribution is 5.97. The Hall–Kier alpha value is -15.2. The second kappa shape index (κ2) is 68.9. The number of aromatic nitrogens is 3. The highest BCUT2D eigenvalue weighted by Crippen LogP contribution is 2.27. The van der Waals surface area contributed by atoms with Crippen LogP contribution in [0, 0.1) is 31.4 Å². The van der Waals surface area contributed by atoms with Gasteiger partial charge >= 0.3 is 5.97 Å². The van der Waals surface area contributed by atoms with E-state index in [1.54, 1.807) is 67.3 Å². The van der Waals surface area contributed by atoms with Gasteiger partial charge < -0.3 is 46.6 Å². The maximum absolute atomic E-state index is 12.1. The second-order valence-electron chi connectivity index (χ2n) is 39.1. The van der Waals surface area contributed by atoms with Gasteiger partial charge in [-0.05, 0) is 225 Å². The predicted octanol–water partition coefficient (Wildman–Crippen LogP) is 29.6. The smallest absolute Gasteiger partial charge is 0.337 e. The summed E-state index contributed by atoms with van der Waals surface area (Å²) in [6.45, 7) is 69.4. The summed E-state index contributed by atoms with van der Waals surface area (Å²) in [5, 5.41) is 20.2. The minimum absolute atomic E-state index is 0.00363. The molecular formula is C127H164N12O9. The van der Waals surface area contributed by atoms with E-state index < -0.39 is 0 Å². The first-order valence-electron chi connectivity index (χ1n) is 50.8. The summed E-state index contributed by atoms with van der Waals surface area (Å²) < 4.78 is 6.62. The van der Waals surface area contributed by atoms with Crippen molar-refractivity contribution in [2.75, 3.05) is 47.9 Å². The lowest BCUT2D eigenvalue weighted by Crippen LogP contribution is -2.33. The number of benzene rings is 11.